The maximum absolute atomic E-state index is 13.5. The minimum Gasteiger partial charge on any atom is -0.351 e. The number of hydrogen-bond acceptors (Lipinski definition) is 4. The molecule has 7 heteroatoms. The largest absolute Gasteiger partial charge is 0.351 e. The van der Waals surface area contributed by atoms with E-state index < -0.39 is 6.03 Å². The molecular formula is C20H28FN3OS2. The van der Waals surface area contributed by atoms with Crippen LogP contribution in [0.25, 0.3) is 0 Å². The first kappa shape index (κ1) is 23.3. The molecule has 27 heavy (non-hydrogen) atoms. The number of thioether (sulfide) groups is 1. The van der Waals surface area contributed by atoms with E-state index in [1.54, 1.807) is 11.8 Å². The van der Waals surface area contributed by atoms with Gasteiger partial charge >= 0.3 is 6.03 Å². The molecule has 0 unspecified atom stereocenters. The van der Waals surface area contributed by atoms with Crippen LogP contribution in [0.3, 0.4) is 0 Å². The van der Waals surface area contributed by atoms with Crippen LogP contribution in [0.5, 0.6) is 0 Å². The summed E-state index contributed by atoms with van der Waals surface area (Å²) in [6.45, 7) is 7.80. The van der Waals surface area contributed by atoms with Crippen LogP contribution in [0.4, 0.5) is 14.9 Å². The van der Waals surface area contributed by atoms with E-state index in [1.165, 1.54) is 29.0 Å². The molecule has 2 amide bonds. The summed E-state index contributed by atoms with van der Waals surface area (Å²) >= 11 is 3.01. The fourth-order valence-electron chi connectivity index (χ4n) is 2.50. The van der Waals surface area contributed by atoms with Crippen LogP contribution in [-0.4, -0.2) is 12.3 Å². The molecule has 0 aromatic heterocycles. The monoisotopic (exact) mass is 409 g/mol. The number of primary amides is 1. The second-order valence-corrected chi connectivity index (χ2v) is 8.14. The van der Waals surface area contributed by atoms with Crippen molar-refractivity contribution in [2.75, 3.05) is 11.6 Å². The highest BCUT2D eigenvalue weighted by molar-refractivity contribution is 7.99. The van der Waals surface area contributed by atoms with E-state index in [9.17, 15) is 9.18 Å². The van der Waals surface area contributed by atoms with Gasteiger partial charge in [0.05, 0.1) is 0 Å². The van der Waals surface area contributed by atoms with Crippen LogP contribution in [0, 0.1) is 5.82 Å². The van der Waals surface area contributed by atoms with Gasteiger partial charge in [0.2, 0.25) is 0 Å². The van der Waals surface area contributed by atoms with Gasteiger partial charge in [0.15, 0.2) is 0 Å². The number of nitrogens with one attached hydrogen (secondary N) is 1. The molecule has 0 aliphatic carbocycles. The Morgan fingerprint density at radius 2 is 1.56 bits per heavy atom. The van der Waals surface area contributed by atoms with Crippen molar-refractivity contribution in [2.24, 2.45) is 10.9 Å². The average molecular weight is 410 g/mol. The van der Waals surface area contributed by atoms with Gasteiger partial charge in [-0.3, -0.25) is 5.14 Å². The van der Waals surface area contributed by atoms with Gasteiger partial charge in [-0.05, 0) is 71.5 Å². The molecule has 0 radical (unpaired) electrons. The Kier molecular flexibility index (Phi) is 9.69. The number of carbonyl (C=O) groups excluding carboxylic acids is 1. The molecule has 0 saturated heterocycles. The fraction of sp³-hybridized carbons (Fsp3) is 0.350. The third kappa shape index (κ3) is 7.44. The Morgan fingerprint density at radius 3 is 1.96 bits per heavy atom. The topological polar surface area (TPSA) is 81.1 Å². The lowest BCUT2D eigenvalue weighted by Gasteiger charge is -2.19. The van der Waals surface area contributed by atoms with Gasteiger partial charge in [0, 0.05) is 15.5 Å². The Morgan fingerprint density at radius 1 is 1.04 bits per heavy atom. The van der Waals surface area contributed by atoms with Crippen LogP contribution in [0.15, 0.2) is 46.2 Å². The van der Waals surface area contributed by atoms with Gasteiger partial charge in [0.1, 0.15) is 5.82 Å². The first-order valence-corrected chi connectivity index (χ1v) is 10.7. The van der Waals surface area contributed by atoms with Crippen LogP contribution in [-0.2, 0) is 0 Å². The summed E-state index contributed by atoms with van der Waals surface area (Å²) in [5.74, 6) is -0.0532. The molecule has 2 aromatic rings. The molecule has 0 heterocycles. The number of hydrogen-bond donors (Lipinski definition) is 3. The van der Waals surface area contributed by atoms with Crippen molar-refractivity contribution in [3.63, 3.8) is 0 Å². The third-order valence-corrected chi connectivity index (χ3v) is 5.09. The maximum Gasteiger partial charge on any atom is 0.316 e. The van der Waals surface area contributed by atoms with Gasteiger partial charge in [-0.25, -0.2) is 9.18 Å². The molecule has 0 aliphatic heterocycles. The van der Waals surface area contributed by atoms with Crippen molar-refractivity contribution < 1.29 is 9.18 Å². The lowest BCUT2D eigenvalue weighted by Crippen LogP contribution is -2.22. The summed E-state index contributed by atoms with van der Waals surface area (Å²) in [7, 11) is 0. The number of anilines is 1. The minimum atomic E-state index is -0.625. The molecule has 2 rings (SSSR count). The van der Waals surface area contributed by atoms with Gasteiger partial charge < -0.3 is 11.1 Å². The van der Waals surface area contributed by atoms with E-state index in [0.29, 0.717) is 5.69 Å². The molecule has 2 aromatic carbocycles. The molecule has 0 spiro atoms. The Hall–Kier alpha value is -1.70. The maximum atomic E-state index is 13.5. The lowest BCUT2D eigenvalue weighted by atomic mass is 9.92. The van der Waals surface area contributed by atoms with Crippen molar-refractivity contribution in [2.45, 2.75) is 49.3 Å². The number of halogens is 1. The zero-order valence-corrected chi connectivity index (χ0v) is 18.0. The van der Waals surface area contributed by atoms with Crippen molar-refractivity contribution >= 4 is 35.4 Å². The van der Waals surface area contributed by atoms with E-state index in [0.717, 1.165) is 16.0 Å². The van der Waals surface area contributed by atoms with Gasteiger partial charge in [-0.1, -0.05) is 33.8 Å². The number of carbonyl (C=O) groups is 1. The zero-order chi connectivity index (χ0) is 20.6. The number of rotatable bonds is 5. The molecule has 0 bridgehead atoms. The Bertz CT molecular complexity index is 718. The van der Waals surface area contributed by atoms with Crippen molar-refractivity contribution in [1.82, 2.24) is 0 Å². The highest BCUT2D eigenvalue weighted by Crippen LogP contribution is 2.33. The summed E-state index contributed by atoms with van der Waals surface area (Å²) in [5, 5.41) is 7.98. The van der Waals surface area contributed by atoms with Crippen molar-refractivity contribution in [3.8, 4) is 0 Å². The van der Waals surface area contributed by atoms with E-state index in [4.69, 9.17) is 10.9 Å². The second-order valence-electron chi connectivity index (χ2n) is 6.55. The Balaban J connectivity index is 0.000000309. The highest BCUT2D eigenvalue weighted by Gasteiger charge is 2.17. The predicted molar refractivity (Wildman–Crippen MR) is 116 cm³/mol. The molecular weight excluding hydrogens is 381 g/mol. The van der Waals surface area contributed by atoms with Gasteiger partial charge in [-0.2, -0.15) is 0 Å². The number of amides is 2. The standard InChI is InChI=1S/C13H19FN2O.C7H9NS2/c1-7(2)10-5-9(14)6-11(8(3)4)12(10)16-13(15)17;1-9-6-3-2-4-7(5-6)10-8/h5-8H,1-4H3,(H3,15,16,17);2-5H,8H2,1H3. The SMILES string of the molecule is CC(C)c1cc(F)cc(C(C)C)c1NC(N)=O.CSc1cccc(SN)c1. The molecule has 4 nitrogen and oxygen atoms in total. The quantitative estimate of drug-likeness (QED) is 0.422. The lowest BCUT2D eigenvalue weighted by molar-refractivity contribution is 0.259. The molecule has 148 valence electrons. The van der Waals surface area contributed by atoms with E-state index in [2.05, 4.69) is 23.7 Å². The van der Waals surface area contributed by atoms with Crippen LogP contribution in [0.1, 0.15) is 50.7 Å². The summed E-state index contributed by atoms with van der Waals surface area (Å²) in [4.78, 5) is 13.4. The number of benzene rings is 2. The molecule has 0 saturated carbocycles. The van der Waals surface area contributed by atoms with Crippen LogP contribution >= 0.6 is 23.7 Å². The first-order valence-electron chi connectivity index (χ1n) is 8.60. The third-order valence-electron chi connectivity index (χ3n) is 3.83. The average Bonchev–Trinajstić information content (AvgIpc) is 2.62. The van der Waals surface area contributed by atoms with Crippen LogP contribution < -0.4 is 16.2 Å². The summed E-state index contributed by atoms with van der Waals surface area (Å²) < 4.78 is 13.5. The van der Waals surface area contributed by atoms with Crippen molar-refractivity contribution in [1.29, 1.82) is 0 Å². The van der Waals surface area contributed by atoms with Crippen molar-refractivity contribution in [3.05, 3.63) is 53.3 Å². The van der Waals surface area contributed by atoms with Crippen LogP contribution in [0.2, 0.25) is 0 Å². The second kappa shape index (κ2) is 11.2. The van der Waals surface area contributed by atoms with E-state index >= 15 is 0 Å². The minimum absolute atomic E-state index is 0.116. The Labute approximate surface area is 169 Å². The fourth-order valence-corrected chi connectivity index (χ4v) is 3.39. The predicted octanol–water partition coefficient (Wildman–Crippen LogP) is 5.94. The first-order chi connectivity index (χ1) is 12.7. The summed E-state index contributed by atoms with van der Waals surface area (Å²) in [5.41, 5.74) is 7.34. The molecule has 0 aliphatic rings. The van der Waals surface area contributed by atoms with E-state index in [-0.39, 0.29) is 17.7 Å². The molecule has 5 N–H and O–H groups in total. The summed E-state index contributed by atoms with van der Waals surface area (Å²) in [6, 6.07) is 10.4. The molecule has 0 fully saturated rings. The summed E-state index contributed by atoms with van der Waals surface area (Å²) in [6.07, 6.45) is 2.06. The van der Waals surface area contributed by atoms with Gasteiger partial charge in [0.25, 0.3) is 0 Å². The van der Waals surface area contributed by atoms with E-state index in [1.807, 2.05) is 39.8 Å². The molecule has 0 atom stereocenters. The van der Waals surface area contributed by atoms with Gasteiger partial charge in [-0.15, -0.1) is 11.8 Å². The number of nitrogens with two attached hydrogens (primary N) is 2. The zero-order valence-electron chi connectivity index (χ0n) is 16.4. The number of urea groups is 1. The normalized spacial score (nSPS) is 10.6. The highest BCUT2D eigenvalue weighted by atomic mass is 32.2. The smallest absolute Gasteiger partial charge is 0.316 e.